The Hall–Kier alpha value is -2.70. The molecule has 6 nitrogen and oxygen atoms in total. The van der Waals surface area contributed by atoms with Crippen LogP contribution in [0.5, 0.6) is 0 Å². The van der Waals surface area contributed by atoms with E-state index in [0.717, 1.165) is 0 Å². The number of benzene rings is 1. The maximum atomic E-state index is 12.9. The molecule has 0 spiro atoms. The molecule has 1 rings (SSSR count). The summed E-state index contributed by atoms with van der Waals surface area (Å²) >= 11 is 0. The summed E-state index contributed by atoms with van der Waals surface area (Å²) in [6, 6.07) is 3.41. The molecular formula is C16H19FN2O4. The normalized spacial score (nSPS) is 12.8. The lowest BCUT2D eigenvalue weighted by Gasteiger charge is -2.20. The molecule has 3 N–H and O–H groups in total. The maximum absolute atomic E-state index is 12.9. The quantitative estimate of drug-likeness (QED) is 0.623. The van der Waals surface area contributed by atoms with Gasteiger partial charge in [-0.15, -0.1) is 6.58 Å². The van der Waals surface area contributed by atoms with Gasteiger partial charge in [-0.25, -0.2) is 9.18 Å². The average molecular weight is 322 g/mol. The van der Waals surface area contributed by atoms with Crippen molar-refractivity contribution in [1.29, 1.82) is 0 Å². The van der Waals surface area contributed by atoms with E-state index in [9.17, 15) is 18.8 Å². The van der Waals surface area contributed by atoms with Crippen LogP contribution in [0.1, 0.15) is 18.9 Å². The lowest BCUT2D eigenvalue weighted by atomic mass is 10.0. The van der Waals surface area contributed by atoms with E-state index in [1.54, 1.807) is 0 Å². The highest BCUT2D eigenvalue weighted by Crippen LogP contribution is 2.07. The monoisotopic (exact) mass is 322 g/mol. The Labute approximate surface area is 133 Å². The van der Waals surface area contributed by atoms with Crippen LogP contribution in [0, 0.1) is 5.82 Å². The first-order valence-electron chi connectivity index (χ1n) is 6.99. The van der Waals surface area contributed by atoms with Crippen LogP contribution in [0.25, 0.3) is 0 Å². The van der Waals surface area contributed by atoms with Gasteiger partial charge in [0.2, 0.25) is 11.8 Å². The molecule has 1 aromatic rings. The molecule has 0 aromatic heterocycles. The van der Waals surface area contributed by atoms with Crippen molar-refractivity contribution in [3.63, 3.8) is 0 Å². The minimum atomic E-state index is -1.19. The molecule has 7 heteroatoms. The fourth-order valence-corrected chi connectivity index (χ4v) is 1.97. The Morgan fingerprint density at radius 3 is 2.30 bits per heavy atom. The van der Waals surface area contributed by atoms with Crippen LogP contribution in [-0.4, -0.2) is 35.0 Å². The molecule has 23 heavy (non-hydrogen) atoms. The fourth-order valence-electron chi connectivity index (χ4n) is 1.97. The van der Waals surface area contributed by atoms with E-state index in [2.05, 4.69) is 17.2 Å². The first kappa shape index (κ1) is 18.3. The van der Waals surface area contributed by atoms with E-state index < -0.39 is 35.7 Å². The summed E-state index contributed by atoms with van der Waals surface area (Å²) < 4.78 is 12.9. The highest BCUT2D eigenvalue weighted by Gasteiger charge is 2.25. The zero-order valence-electron chi connectivity index (χ0n) is 12.7. The molecule has 0 fully saturated rings. The second-order valence-corrected chi connectivity index (χ2v) is 5.01. The average Bonchev–Trinajstić information content (AvgIpc) is 2.47. The number of amides is 2. The number of aliphatic carboxylic acids is 1. The summed E-state index contributed by atoms with van der Waals surface area (Å²) in [5.41, 5.74) is 0.635. The molecule has 0 heterocycles. The lowest BCUT2D eigenvalue weighted by Crippen LogP contribution is -2.52. The maximum Gasteiger partial charge on any atom is 0.326 e. The Morgan fingerprint density at radius 1 is 1.22 bits per heavy atom. The molecule has 0 saturated heterocycles. The van der Waals surface area contributed by atoms with Crippen molar-refractivity contribution in [3.05, 3.63) is 48.3 Å². The molecular weight excluding hydrogens is 303 g/mol. The lowest BCUT2D eigenvalue weighted by molar-refractivity contribution is -0.142. The number of rotatable bonds is 8. The Kier molecular flexibility index (Phi) is 6.92. The van der Waals surface area contributed by atoms with Crippen molar-refractivity contribution in [1.82, 2.24) is 10.6 Å². The van der Waals surface area contributed by atoms with Crippen LogP contribution in [0.2, 0.25) is 0 Å². The molecule has 0 bridgehead atoms. The van der Waals surface area contributed by atoms with E-state index in [1.165, 1.54) is 37.3 Å². The van der Waals surface area contributed by atoms with Gasteiger partial charge in [0.25, 0.3) is 0 Å². The first-order chi connectivity index (χ1) is 10.8. The van der Waals surface area contributed by atoms with Gasteiger partial charge in [0, 0.05) is 13.3 Å². The van der Waals surface area contributed by atoms with Crippen LogP contribution in [0.4, 0.5) is 4.39 Å². The van der Waals surface area contributed by atoms with Gasteiger partial charge in [0.15, 0.2) is 0 Å². The molecule has 2 amide bonds. The molecule has 0 unspecified atom stereocenters. The van der Waals surface area contributed by atoms with Gasteiger partial charge in [0.05, 0.1) is 0 Å². The number of hydrogen-bond acceptors (Lipinski definition) is 3. The summed E-state index contributed by atoms with van der Waals surface area (Å²) in [7, 11) is 0. The molecule has 0 aliphatic rings. The van der Waals surface area contributed by atoms with Gasteiger partial charge in [0.1, 0.15) is 17.9 Å². The van der Waals surface area contributed by atoms with Gasteiger partial charge in [-0.1, -0.05) is 18.2 Å². The third-order valence-electron chi connectivity index (χ3n) is 3.06. The summed E-state index contributed by atoms with van der Waals surface area (Å²) in [4.78, 5) is 34.6. The Morgan fingerprint density at radius 2 is 1.83 bits per heavy atom. The number of carbonyl (C=O) groups excluding carboxylic acids is 2. The van der Waals surface area contributed by atoms with Crippen molar-refractivity contribution in [3.8, 4) is 0 Å². The summed E-state index contributed by atoms with van der Waals surface area (Å²) in [5, 5.41) is 13.9. The Bertz CT molecular complexity index is 586. The molecule has 0 saturated carbocycles. The minimum Gasteiger partial charge on any atom is -0.480 e. The second-order valence-electron chi connectivity index (χ2n) is 5.01. The van der Waals surface area contributed by atoms with E-state index in [0.29, 0.717) is 5.56 Å². The van der Waals surface area contributed by atoms with Crippen molar-refractivity contribution in [2.24, 2.45) is 0 Å². The molecule has 124 valence electrons. The third kappa shape index (κ3) is 6.29. The molecule has 2 atom stereocenters. The Balaban J connectivity index is 2.84. The van der Waals surface area contributed by atoms with Gasteiger partial charge in [-0.05, 0) is 24.1 Å². The molecule has 0 aliphatic heterocycles. The number of nitrogens with one attached hydrogen (secondary N) is 2. The number of carbonyl (C=O) groups is 3. The summed E-state index contributed by atoms with van der Waals surface area (Å²) in [5.74, 6) is -2.66. The standard InChI is InChI=1S/C16H19FN2O4/c1-3-4-13(16(22)23)19-15(21)14(18-10(2)20)9-11-5-7-12(17)8-6-11/h3,5-8,13-14H,1,4,9H2,2H3,(H,18,20)(H,19,21)(H,22,23)/t13-,14-/m0/s1. The number of carboxylic acids is 1. The summed E-state index contributed by atoms with van der Waals surface area (Å²) in [6.07, 6.45) is 1.56. The minimum absolute atomic E-state index is 0.0599. The number of hydrogen-bond donors (Lipinski definition) is 3. The largest absolute Gasteiger partial charge is 0.480 e. The van der Waals surface area contributed by atoms with E-state index >= 15 is 0 Å². The predicted molar refractivity (Wildman–Crippen MR) is 82.1 cm³/mol. The predicted octanol–water partition coefficient (Wildman–Crippen LogP) is 1.02. The second kappa shape index (κ2) is 8.67. The number of carboxylic acid groups (broad SMARTS) is 1. The molecule has 0 radical (unpaired) electrons. The van der Waals surface area contributed by atoms with Crippen LogP contribution >= 0.6 is 0 Å². The van der Waals surface area contributed by atoms with Gasteiger partial charge >= 0.3 is 5.97 Å². The van der Waals surface area contributed by atoms with E-state index in [-0.39, 0.29) is 12.8 Å². The van der Waals surface area contributed by atoms with Crippen LogP contribution in [0.3, 0.4) is 0 Å². The van der Waals surface area contributed by atoms with Crippen LogP contribution < -0.4 is 10.6 Å². The van der Waals surface area contributed by atoms with Crippen molar-refractivity contribution < 1.29 is 23.9 Å². The SMILES string of the molecule is C=CC[C@H](NC(=O)[C@H](Cc1ccc(F)cc1)NC(C)=O)C(=O)O. The van der Waals surface area contributed by atoms with Gasteiger partial charge in [-0.3, -0.25) is 9.59 Å². The van der Waals surface area contributed by atoms with Crippen molar-refractivity contribution >= 4 is 17.8 Å². The number of halogens is 1. The fraction of sp³-hybridized carbons (Fsp3) is 0.312. The van der Waals surface area contributed by atoms with Crippen molar-refractivity contribution in [2.45, 2.75) is 31.8 Å². The van der Waals surface area contributed by atoms with Crippen LogP contribution in [0.15, 0.2) is 36.9 Å². The topological polar surface area (TPSA) is 95.5 Å². The highest BCUT2D eigenvalue weighted by atomic mass is 19.1. The van der Waals surface area contributed by atoms with Crippen LogP contribution in [-0.2, 0) is 20.8 Å². The third-order valence-corrected chi connectivity index (χ3v) is 3.06. The summed E-state index contributed by atoms with van der Waals surface area (Å²) in [6.45, 7) is 4.69. The highest BCUT2D eigenvalue weighted by molar-refractivity contribution is 5.90. The molecule has 1 aromatic carbocycles. The van der Waals surface area contributed by atoms with E-state index in [4.69, 9.17) is 5.11 Å². The van der Waals surface area contributed by atoms with E-state index in [1.807, 2.05) is 0 Å². The zero-order valence-corrected chi connectivity index (χ0v) is 12.7. The smallest absolute Gasteiger partial charge is 0.326 e. The zero-order chi connectivity index (χ0) is 17.4. The molecule has 0 aliphatic carbocycles. The van der Waals surface area contributed by atoms with Gasteiger partial charge < -0.3 is 15.7 Å². The van der Waals surface area contributed by atoms with Gasteiger partial charge in [-0.2, -0.15) is 0 Å². The van der Waals surface area contributed by atoms with Crippen molar-refractivity contribution in [2.75, 3.05) is 0 Å². The first-order valence-corrected chi connectivity index (χ1v) is 6.99.